The molecule has 0 amide bonds. The van der Waals surface area contributed by atoms with E-state index in [1.807, 2.05) is 30.3 Å². The van der Waals surface area contributed by atoms with Gasteiger partial charge >= 0.3 is 5.97 Å². The van der Waals surface area contributed by atoms with E-state index in [0.29, 0.717) is 30.1 Å². The molecular weight excluding hydrogens is 476 g/mol. The van der Waals surface area contributed by atoms with Gasteiger partial charge in [0.15, 0.2) is 5.78 Å². The Morgan fingerprint density at radius 2 is 1.42 bits per heavy atom. The lowest BCUT2D eigenvalue weighted by Gasteiger charge is -2.12. The predicted octanol–water partition coefficient (Wildman–Crippen LogP) is 7.32. The molecule has 0 aliphatic heterocycles. The van der Waals surface area contributed by atoms with Gasteiger partial charge in [0.2, 0.25) is 0 Å². The maximum atomic E-state index is 12.1. The lowest BCUT2D eigenvalue weighted by atomic mass is 10.0. The van der Waals surface area contributed by atoms with Gasteiger partial charge in [0.1, 0.15) is 18.1 Å². The fraction of sp³-hybridized carbons (Fsp3) is 0.212. The van der Waals surface area contributed by atoms with Crippen LogP contribution in [0.5, 0.6) is 11.5 Å². The van der Waals surface area contributed by atoms with E-state index in [-0.39, 0.29) is 12.4 Å². The van der Waals surface area contributed by atoms with Crippen molar-refractivity contribution in [3.05, 3.63) is 119 Å². The number of esters is 1. The number of carbonyl (C=O) groups is 2. The summed E-state index contributed by atoms with van der Waals surface area (Å²) in [5, 5.41) is 0. The Bertz CT molecular complexity index is 1340. The molecule has 0 heterocycles. The Hall–Kier alpha value is -4.38. The lowest BCUT2D eigenvalue weighted by Crippen LogP contribution is -2.08. The second-order valence-electron chi connectivity index (χ2n) is 8.94. The Balaban J connectivity index is 1.23. The molecule has 0 radical (unpaired) electrons. The minimum Gasteiger partial charge on any atom is -0.493 e. The first-order valence-electron chi connectivity index (χ1n) is 12.8. The van der Waals surface area contributed by atoms with Crippen LogP contribution in [0.4, 0.5) is 0 Å². The van der Waals surface area contributed by atoms with Crippen LogP contribution in [0.1, 0.15) is 52.1 Å². The summed E-state index contributed by atoms with van der Waals surface area (Å²) in [7, 11) is 0. The molecule has 4 aromatic rings. The van der Waals surface area contributed by atoms with Gasteiger partial charge in [-0.3, -0.25) is 4.79 Å². The first kappa shape index (κ1) is 26.7. The zero-order valence-corrected chi connectivity index (χ0v) is 21.8. The van der Waals surface area contributed by atoms with Crippen LogP contribution in [-0.4, -0.2) is 25.0 Å². The quantitative estimate of drug-likeness (QED) is 0.114. The lowest BCUT2D eigenvalue weighted by molar-refractivity contribution is 0.0526. The van der Waals surface area contributed by atoms with Gasteiger partial charge in [0.25, 0.3) is 0 Å². The molecule has 0 aliphatic rings. The van der Waals surface area contributed by atoms with E-state index in [0.717, 1.165) is 24.2 Å². The zero-order valence-electron chi connectivity index (χ0n) is 21.8. The van der Waals surface area contributed by atoms with Crippen molar-refractivity contribution in [2.75, 3.05) is 13.2 Å². The van der Waals surface area contributed by atoms with Gasteiger partial charge in [-0.2, -0.15) is 0 Å². The molecule has 0 unspecified atom stereocenters. The molecule has 0 bridgehead atoms. The Morgan fingerprint density at radius 1 is 0.737 bits per heavy atom. The summed E-state index contributed by atoms with van der Waals surface area (Å²) in [4.78, 5) is 24.0. The second-order valence-corrected chi connectivity index (χ2v) is 8.94. The predicted molar refractivity (Wildman–Crippen MR) is 149 cm³/mol. The number of ketones is 1. The molecule has 4 rings (SSSR count). The molecule has 0 atom stereocenters. The maximum absolute atomic E-state index is 12.1. The molecule has 0 fully saturated rings. The second kappa shape index (κ2) is 13.2. The fourth-order valence-corrected chi connectivity index (χ4v) is 4.07. The van der Waals surface area contributed by atoms with Gasteiger partial charge in [0, 0.05) is 0 Å². The molecule has 0 spiro atoms. The van der Waals surface area contributed by atoms with E-state index in [1.165, 1.54) is 29.7 Å². The van der Waals surface area contributed by atoms with Gasteiger partial charge in [-0.1, -0.05) is 66.7 Å². The highest BCUT2D eigenvalue weighted by atomic mass is 16.5. The molecular formula is C33H32O5. The zero-order chi connectivity index (χ0) is 26.7. The van der Waals surface area contributed by atoms with Gasteiger partial charge in [0.05, 0.1) is 24.3 Å². The van der Waals surface area contributed by atoms with Gasteiger partial charge in [-0.15, -0.1) is 0 Å². The van der Waals surface area contributed by atoms with Crippen LogP contribution in [0.3, 0.4) is 0 Å². The number of rotatable bonds is 12. The van der Waals surface area contributed by atoms with Crippen molar-refractivity contribution >= 4 is 11.8 Å². The fourth-order valence-electron chi connectivity index (χ4n) is 4.07. The van der Waals surface area contributed by atoms with Crippen LogP contribution in [-0.2, 0) is 17.8 Å². The van der Waals surface area contributed by atoms with Gasteiger partial charge < -0.3 is 14.2 Å². The van der Waals surface area contributed by atoms with Crippen LogP contribution >= 0.6 is 0 Å². The van der Waals surface area contributed by atoms with Crippen molar-refractivity contribution in [2.24, 2.45) is 0 Å². The molecule has 0 saturated heterocycles. The Labute approximate surface area is 224 Å². The Kier molecular flexibility index (Phi) is 9.30. The van der Waals surface area contributed by atoms with Crippen LogP contribution in [0.15, 0.2) is 97.1 Å². The summed E-state index contributed by atoms with van der Waals surface area (Å²) >= 11 is 0. The summed E-state index contributed by atoms with van der Waals surface area (Å²) in [5.74, 6) is 0.694. The SMILES string of the molecule is CCOC(=O)c1ccc(OCCCc2ccc(OCc3ccc(-c4ccccc4)cc3)cc2)c(C(C)=O)c1. The normalized spacial score (nSPS) is 10.6. The van der Waals surface area contributed by atoms with E-state index < -0.39 is 5.97 Å². The van der Waals surface area contributed by atoms with Crippen molar-refractivity contribution in [2.45, 2.75) is 33.3 Å². The number of Topliss-reactive ketones (excluding diaryl/α,β-unsaturated/α-hetero) is 1. The first-order chi connectivity index (χ1) is 18.5. The molecule has 38 heavy (non-hydrogen) atoms. The van der Waals surface area contributed by atoms with Gasteiger partial charge in [-0.05, 0) is 79.3 Å². The summed E-state index contributed by atoms with van der Waals surface area (Å²) in [6, 6.07) is 31.6. The maximum Gasteiger partial charge on any atom is 0.338 e. The minimum absolute atomic E-state index is 0.158. The molecule has 5 heteroatoms. The largest absolute Gasteiger partial charge is 0.493 e. The van der Waals surface area contributed by atoms with Crippen molar-refractivity contribution in [3.8, 4) is 22.6 Å². The average molecular weight is 509 g/mol. The van der Waals surface area contributed by atoms with Crippen molar-refractivity contribution in [3.63, 3.8) is 0 Å². The van der Waals surface area contributed by atoms with Crippen LogP contribution in [0, 0.1) is 0 Å². The summed E-state index contributed by atoms with van der Waals surface area (Å²) in [6.45, 7) is 4.45. The van der Waals surface area contributed by atoms with Crippen molar-refractivity contribution in [1.29, 1.82) is 0 Å². The highest BCUT2D eigenvalue weighted by Crippen LogP contribution is 2.23. The monoisotopic (exact) mass is 508 g/mol. The first-order valence-corrected chi connectivity index (χ1v) is 12.8. The molecule has 0 aliphatic carbocycles. The van der Waals surface area contributed by atoms with Crippen LogP contribution < -0.4 is 9.47 Å². The highest BCUT2D eigenvalue weighted by molar-refractivity contribution is 6.00. The molecule has 194 valence electrons. The van der Waals surface area contributed by atoms with E-state index in [4.69, 9.17) is 14.2 Å². The average Bonchev–Trinajstić information content (AvgIpc) is 2.95. The van der Waals surface area contributed by atoms with Crippen LogP contribution in [0.25, 0.3) is 11.1 Å². The number of benzene rings is 4. The molecule has 0 aromatic heterocycles. The van der Waals surface area contributed by atoms with E-state index in [9.17, 15) is 9.59 Å². The summed E-state index contributed by atoms with van der Waals surface area (Å²) in [5.41, 5.74) is 5.41. The number of hydrogen-bond donors (Lipinski definition) is 0. The third-order valence-electron chi connectivity index (χ3n) is 6.13. The number of ether oxygens (including phenoxy) is 3. The van der Waals surface area contributed by atoms with E-state index in [1.54, 1.807) is 19.1 Å². The van der Waals surface area contributed by atoms with Crippen LogP contribution in [0.2, 0.25) is 0 Å². The summed E-state index contributed by atoms with van der Waals surface area (Å²) in [6.07, 6.45) is 1.61. The standard InChI is InChI=1S/C33H32O5/c1-3-36-33(35)29-17-20-32(31(22-29)24(2)34)37-21-7-8-25-13-18-30(19-14-25)38-23-26-11-15-28(16-12-26)27-9-5-4-6-10-27/h4-6,9-20,22H,3,7-8,21,23H2,1-2H3. The third-order valence-corrected chi connectivity index (χ3v) is 6.13. The minimum atomic E-state index is -0.449. The van der Waals surface area contributed by atoms with Crippen molar-refractivity contribution in [1.82, 2.24) is 0 Å². The number of carbonyl (C=O) groups excluding carboxylic acids is 2. The molecule has 0 saturated carbocycles. The van der Waals surface area contributed by atoms with Gasteiger partial charge in [-0.25, -0.2) is 4.79 Å². The molecule has 5 nitrogen and oxygen atoms in total. The van der Waals surface area contributed by atoms with E-state index >= 15 is 0 Å². The molecule has 0 N–H and O–H groups in total. The third kappa shape index (κ3) is 7.32. The summed E-state index contributed by atoms with van der Waals surface area (Å²) < 4.78 is 16.8. The van der Waals surface area contributed by atoms with Crippen molar-refractivity contribution < 1.29 is 23.8 Å². The Morgan fingerprint density at radius 3 is 2.11 bits per heavy atom. The smallest absolute Gasteiger partial charge is 0.338 e. The molecule has 4 aromatic carbocycles. The highest BCUT2D eigenvalue weighted by Gasteiger charge is 2.14. The number of hydrogen-bond acceptors (Lipinski definition) is 5. The van der Waals surface area contributed by atoms with E-state index in [2.05, 4.69) is 48.5 Å². The topological polar surface area (TPSA) is 61.8 Å². The number of aryl methyl sites for hydroxylation is 1.